The molecule has 0 aromatic carbocycles. The monoisotopic (exact) mass is 287 g/mol. The molecule has 0 bridgehead atoms. The van der Waals surface area contributed by atoms with Crippen LogP contribution in [0.25, 0.3) is 0 Å². The Balaban J connectivity index is 1.94. The van der Waals surface area contributed by atoms with Gasteiger partial charge in [-0.2, -0.15) is 0 Å². The first-order valence-corrected chi connectivity index (χ1v) is 9.26. The smallest absolute Gasteiger partial charge is 0.100 e. The second-order valence-corrected chi connectivity index (χ2v) is 9.07. The number of hydrogen-bond donors (Lipinski definition) is 0. The van der Waals surface area contributed by atoms with E-state index in [1.54, 1.807) is 0 Å². The van der Waals surface area contributed by atoms with Gasteiger partial charge in [0.25, 0.3) is 0 Å². The fourth-order valence-corrected chi connectivity index (χ4v) is 3.85. The molecule has 1 saturated heterocycles. The summed E-state index contributed by atoms with van der Waals surface area (Å²) in [7, 11) is -0.787. The molecule has 1 heterocycles. The van der Waals surface area contributed by atoms with E-state index in [2.05, 4.69) is 32.0 Å². The summed E-state index contributed by atoms with van der Waals surface area (Å²) in [5.74, 6) is 0. The highest BCUT2D eigenvalue weighted by atomic mass is 32.2. The van der Waals surface area contributed by atoms with Gasteiger partial charge in [0.05, 0.1) is 4.75 Å². The van der Waals surface area contributed by atoms with Crippen LogP contribution in [-0.2, 0) is 11.0 Å². The molecule has 0 saturated carbocycles. The van der Waals surface area contributed by atoms with Crippen LogP contribution in [0.2, 0.25) is 0 Å². The van der Waals surface area contributed by atoms with Crippen molar-refractivity contribution < 1.29 is 4.21 Å². The van der Waals surface area contributed by atoms with Crippen LogP contribution in [0.1, 0.15) is 85.5 Å². The van der Waals surface area contributed by atoms with Crippen LogP contribution in [0.4, 0.5) is 0 Å². The molecule has 0 N–H and O–H groups in total. The number of unbranched alkanes of at least 4 members (excludes halogenated alkanes) is 7. The van der Waals surface area contributed by atoms with Gasteiger partial charge in [-0.1, -0.05) is 58.3 Å². The lowest BCUT2D eigenvalue weighted by Crippen LogP contribution is -2.28. The van der Waals surface area contributed by atoms with Gasteiger partial charge in [0.2, 0.25) is 0 Å². The summed E-state index contributed by atoms with van der Waals surface area (Å²) in [5.41, 5.74) is 0. The molecule has 1 aliphatic heterocycles. The van der Waals surface area contributed by atoms with E-state index in [1.807, 2.05) is 0 Å². The highest BCUT2D eigenvalue weighted by Crippen LogP contribution is 2.30. The highest BCUT2D eigenvalue weighted by Gasteiger charge is 2.42. The van der Waals surface area contributed by atoms with E-state index >= 15 is 0 Å². The van der Waals surface area contributed by atoms with E-state index < -0.39 is 11.0 Å². The molecule has 0 amide bonds. The molecule has 0 aliphatic carbocycles. The van der Waals surface area contributed by atoms with E-state index in [0.717, 1.165) is 6.54 Å². The van der Waals surface area contributed by atoms with E-state index in [9.17, 15) is 4.21 Å². The lowest BCUT2D eigenvalue weighted by atomic mass is 10.1. The predicted octanol–water partition coefficient (Wildman–Crippen LogP) is 4.66. The molecular formula is C16H33NOS. The summed E-state index contributed by atoms with van der Waals surface area (Å²) in [4.78, 5) is 0. The molecule has 1 fully saturated rings. The Labute approximate surface area is 122 Å². The third-order valence-electron chi connectivity index (χ3n) is 3.79. The predicted molar refractivity (Wildman–Crippen MR) is 85.6 cm³/mol. The van der Waals surface area contributed by atoms with E-state index in [-0.39, 0.29) is 4.75 Å². The first-order valence-electron chi connectivity index (χ1n) is 8.15. The van der Waals surface area contributed by atoms with Crippen molar-refractivity contribution in [2.45, 2.75) is 96.3 Å². The standard InChI is InChI=1S/C16H33NOS/c1-5-6-7-8-9-10-11-12-13-15-14-17(15)19(18)16(2,3)4/h15H,5-14H2,1-4H3/t15-,17?,19-/m1/s1. The zero-order valence-corrected chi connectivity index (χ0v) is 14.2. The summed E-state index contributed by atoms with van der Waals surface area (Å²) in [5, 5.41) is 0. The van der Waals surface area contributed by atoms with Gasteiger partial charge in [-0.25, -0.2) is 8.51 Å². The van der Waals surface area contributed by atoms with Crippen molar-refractivity contribution in [3.8, 4) is 0 Å². The molecule has 0 aromatic heterocycles. The van der Waals surface area contributed by atoms with Gasteiger partial charge in [-0.3, -0.25) is 0 Å². The largest absolute Gasteiger partial charge is 0.242 e. The molecule has 1 rings (SSSR count). The van der Waals surface area contributed by atoms with Crippen LogP contribution in [0.5, 0.6) is 0 Å². The van der Waals surface area contributed by atoms with Crippen LogP contribution in [-0.4, -0.2) is 25.8 Å². The van der Waals surface area contributed by atoms with Crippen LogP contribution in [0, 0.1) is 0 Å². The summed E-state index contributed by atoms with van der Waals surface area (Å²) in [6, 6.07) is 0.611. The topological polar surface area (TPSA) is 20.1 Å². The fraction of sp³-hybridized carbons (Fsp3) is 1.00. The second-order valence-electron chi connectivity index (χ2n) is 6.88. The minimum Gasteiger partial charge on any atom is -0.242 e. The summed E-state index contributed by atoms with van der Waals surface area (Å²) in [6.45, 7) is 9.52. The quantitative estimate of drug-likeness (QED) is 0.422. The van der Waals surface area contributed by atoms with Crippen molar-refractivity contribution in [1.82, 2.24) is 4.31 Å². The van der Waals surface area contributed by atoms with Gasteiger partial charge >= 0.3 is 0 Å². The Hall–Kier alpha value is 0.110. The van der Waals surface area contributed by atoms with E-state index in [4.69, 9.17) is 0 Å². The maximum Gasteiger partial charge on any atom is 0.100 e. The maximum absolute atomic E-state index is 12.1. The third kappa shape index (κ3) is 6.89. The SMILES string of the molecule is CCCCCCCCCC[C@@H]1CN1[S@](=O)C(C)(C)C. The molecule has 19 heavy (non-hydrogen) atoms. The number of nitrogens with zero attached hydrogens (tertiary/aromatic N) is 1. The first-order chi connectivity index (χ1) is 8.96. The van der Waals surface area contributed by atoms with Crippen molar-refractivity contribution in [1.29, 1.82) is 0 Å². The van der Waals surface area contributed by atoms with Gasteiger partial charge in [0, 0.05) is 12.6 Å². The molecule has 3 heteroatoms. The Kier molecular flexibility index (Phi) is 7.60. The lowest BCUT2D eigenvalue weighted by molar-refractivity contribution is 0.547. The molecule has 2 nitrogen and oxygen atoms in total. The Morgan fingerprint density at radius 1 is 1.00 bits per heavy atom. The van der Waals surface area contributed by atoms with Crippen molar-refractivity contribution in [3.63, 3.8) is 0 Å². The lowest BCUT2D eigenvalue weighted by Gasteiger charge is -2.18. The van der Waals surface area contributed by atoms with Crippen molar-refractivity contribution in [2.75, 3.05) is 6.54 Å². The van der Waals surface area contributed by atoms with Gasteiger partial charge in [0.15, 0.2) is 0 Å². The van der Waals surface area contributed by atoms with Gasteiger partial charge in [-0.15, -0.1) is 0 Å². The normalized spacial score (nSPS) is 24.4. The summed E-state index contributed by atoms with van der Waals surface area (Å²) < 4.78 is 14.2. The highest BCUT2D eigenvalue weighted by molar-refractivity contribution is 7.84. The van der Waals surface area contributed by atoms with Crippen molar-refractivity contribution in [3.05, 3.63) is 0 Å². The molecule has 114 valence electrons. The molecule has 0 spiro atoms. The Morgan fingerprint density at radius 3 is 2.05 bits per heavy atom. The molecule has 0 radical (unpaired) electrons. The van der Waals surface area contributed by atoms with Gasteiger partial charge in [0.1, 0.15) is 11.0 Å². The Morgan fingerprint density at radius 2 is 1.53 bits per heavy atom. The zero-order valence-electron chi connectivity index (χ0n) is 13.4. The maximum atomic E-state index is 12.1. The summed E-state index contributed by atoms with van der Waals surface area (Å²) in [6.07, 6.45) is 12.3. The molecular weight excluding hydrogens is 254 g/mol. The van der Waals surface area contributed by atoms with Crippen LogP contribution < -0.4 is 0 Å². The average Bonchev–Trinajstić information content (AvgIpc) is 3.10. The minimum atomic E-state index is -0.787. The molecule has 1 aliphatic rings. The van der Waals surface area contributed by atoms with Gasteiger partial charge in [-0.05, 0) is 27.2 Å². The molecule has 3 atom stereocenters. The number of rotatable bonds is 10. The minimum absolute atomic E-state index is 0.0893. The zero-order chi connectivity index (χ0) is 14.3. The third-order valence-corrected chi connectivity index (χ3v) is 5.71. The van der Waals surface area contributed by atoms with Crippen molar-refractivity contribution in [2.24, 2.45) is 0 Å². The number of hydrogen-bond acceptors (Lipinski definition) is 1. The fourth-order valence-electron chi connectivity index (χ4n) is 2.46. The van der Waals surface area contributed by atoms with E-state index in [1.165, 1.54) is 57.8 Å². The van der Waals surface area contributed by atoms with Crippen LogP contribution in [0.15, 0.2) is 0 Å². The van der Waals surface area contributed by atoms with Crippen LogP contribution in [0.3, 0.4) is 0 Å². The Bertz CT molecular complexity index is 272. The first kappa shape index (κ1) is 17.2. The van der Waals surface area contributed by atoms with E-state index in [0.29, 0.717) is 6.04 Å². The average molecular weight is 288 g/mol. The second kappa shape index (κ2) is 8.41. The van der Waals surface area contributed by atoms with Gasteiger partial charge < -0.3 is 0 Å². The van der Waals surface area contributed by atoms with Crippen molar-refractivity contribution >= 4 is 11.0 Å². The molecule has 0 aromatic rings. The molecule has 1 unspecified atom stereocenters. The summed E-state index contributed by atoms with van der Waals surface area (Å²) >= 11 is 0. The van der Waals surface area contributed by atoms with Crippen LogP contribution >= 0.6 is 0 Å².